The van der Waals surface area contributed by atoms with Crippen LogP contribution in [-0.4, -0.2) is 33.2 Å². The summed E-state index contributed by atoms with van der Waals surface area (Å²) in [4.78, 5) is 30.3. The number of carbonyl (C=O) groups is 3. The SMILES string of the molecule is CCC1CC1CC(=O)O.CC[C@@H]1C[C@@H]1CC(=O)O.CC[C@H]1C[C@H]1CC(=O)O. The molecule has 6 atom stereocenters. The summed E-state index contributed by atoms with van der Waals surface area (Å²) in [7, 11) is 0. The normalized spacial score (nSPS) is 32.1. The van der Waals surface area contributed by atoms with E-state index in [1.165, 1.54) is 0 Å². The Morgan fingerprint density at radius 1 is 0.556 bits per heavy atom. The van der Waals surface area contributed by atoms with Gasteiger partial charge in [0, 0.05) is 19.3 Å². The molecule has 0 aromatic carbocycles. The van der Waals surface area contributed by atoms with Gasteiger partial charge < -0.3 is 15.3 Å². The van der Waals surface area contributed by atoms with Gasteiger partial charge in [0.25, 0.3) is 0 Å². The number of carboxylic acids is 3. The Hall–Kier alpha value is -1.59. The Bertz CT molecular complexity index is 432. The molecule has 0 aromatic heterocycles. The fourth-order valence-electron chi connectivity index (χ4n) is 3.85. The maximum atomic E-state index is 10.1. The largest absolute Gasteiger partial charge is 0.481 e. The second-order valence-corrected chi connectivity index (χ2v) is 8.29. The molecule has 3 rings (SSSR count). The summed E-state index contributed by atoms with van der Waals surface area (Å²) in [5.41, 5.74) is 0. The third-order valence-corrected chi connectivity index (χ3v) is 6.09. The van der Waals surface area contributed by atoms with Crippen LogP contribution in [0.25, 0.3) is 0 Å². The van der Waals surface area contributed by atoms with Gasteiger partial charge in [-0.05, 0) is 54.8 Å². The Morgan fingerprint density at radius 3 is 0.889 bits per heavy atom. The number of rotatable bonds is 9. The third kappa shape index (κ3) is 10.4. The van der Waals surface area contributed by atoms with Gasteiger partial charge in [-0.1, -0.05) is 40.0 Å². The van der Waals surface area contributed by atoms with Crippen molar-refractivity contribution >= 4 is 17.9 Å². The van der Waals surface area contributed by atoms with Gasteiger partial charge >= 0.3 is 17.9 Å². The molecule has 0 spiro atoms. The number of hydrogen-bond acceptors (Lipinski definition) is 3. The molecule has 2 unspecified atom stereocenters. The molecule has 6 heteroatoms. The first-order valence-corrected chi connectivity index (χ1v) is 10.4. The summed E-state index contributed by atoms with van der Waals surface area (Å²) < 4.78 is 0. The first-order chi connectivity index (χ1) is 12.7. The van der Waals surface area contributed by atoms with Crippen molar-refractivity contribution in [1.29, 1.82) is 0 Å². The summed E-state index contributed by atoms with van der Waals surface area (Å²) in [5.74, 6) is 1.76. The lowest BCUT2D eigenvalue weighted by atomic mass is 10.2. The van der Waals surface area contributed by atoms with Crippen molar-refractivity contribution in [3.05, 3.63) is 0 Å². The molecule has 3 aliphatic carbocycles. The van der Waals surface area contributed by atoms with Crippen molar-refractivity contribution in [1.82, 2.24) is 0 Å². The molecule has 0 aliphatic heterocycles. The van der Waals surface area contributed by atoms with Gasteiger partial charge in [0.1, 0.15) is 0 Å². The van der Waals surface area contributed by atoms with Crippen molar-refractivity contribution < 1.29 is 29.7 Å². The fraction of sp³-hybridized carbons (Fsp3) is 0.857. The lowest BCUT2D eigenvalue weighted by Gasteiger charge is -1.89. The number of carboxylic acid groups (broad SMARTS) is 3. The second-order valence-electron chi connectivity index (χ2n) is 8.29. The minimum Gasteiger partial charge on any atom is -0.481 e. The average Bonchev–Trinajstić information content (AvgIpc) is 3.44. The van der Waals surface area contributed by atoms with Gasteiger partial charge in [-0.25, -0.2) is 0 Å². The van der Waals surface area contributed by atoms with Gasteiger partial charge in [-0.3, -0.25) is 14.4 Å². The van der Waals surface area contributed by atoms with Crippen LogP contribution in [0.1, 0.15) is 78.6 Å². The molecular formula is C21H36O6. The molecule has 3 N–H and O–H groups in total. The summed E-state index contributed by atoms with van der Waals surface area (Å²) in [6, 6.07) is 0. The molecule has 3 saturated carbocycles. The zero-order chi connectivity index (χ0) is 20.6. The number of aliphatic carboxylic acids is 3. The summed E-state index contributed by atoms with van der Waals surface area (Å²) >= 11 is 0. The van der Waals surface area contributed by atoms with E-state index in [0.717, 1.165) is 56.3 Å². The molecular weight excluding hydrogens is 348 g/mol. The smallest absolute Gasteiger partial charge is 0.303 e. The monoisotopic (exact) mass is 384 g/mol. The highest BCUT2D eigenvalue weighted by Crippen LogP contribution is 2.44. The summed E-state index contributed by atoms with van der Waals surface area (Å²) in [5, 5.41) is 25.0. The molecule has 27 heavy (non-hydrogen) atoms. The van der Waals surface area contributed by atoms with Crippen LogP contribution in [0, 0.1) is 35.5 Å². The van der Waals surface area contributed by atoms with E-state index in [1.807, 2.05) is 0 Å². The van der Waals surface area contributed by atoms with Crippen LogP contribution in [0.2, 0.25) is 0 Å². The summed E-state index contributed by atoms with van der Waals surface area (Å²) in [6.07, 6.45) is 8.04. The van der Waals surface area contributed by atoms with E-state index in [0.29, 0.717) is 37.0 Å². The first kappa shape index (κ1) is 23.4. The molecule has 0 radical (unpaired) electrons. The molecule has 3 aliphatic rings. The number of hydrogen-bond donors (Lipinski definition) is 3. The van der Waals surface area contributed by atoms with E-state index >= 15 is 0 Å². The van der Waals surface area contributed by atoms with E-state index < -0.39 is 17.9 Å². The summed E-state index contributed by atoms with van der Waals surface area (Å²) in [6.45, 7) is 6.35. The lowest BCUT2D eigenvalue weighted by molar-refractivity contribution is -0.138. The standard InChI is InChI=1S/3C7H12O2/c3*1-2-5-3-6(5)4-7(8)9/h3*5-6H,2-4H2,1H3,(H,8,9)/t2*5-,6-;/m10./s1. The average molecular weight is 385 g/mol. The molecule has 156 valence electrons. The Balaban J connectivity index is 0.000000202. The van der Waals surface area contributed by atoms with E-state index in [1.54, 1.807) is 0 Å². The zero-order valence-electron chi connectivity index (χ0n) is 16.9. The van der Waals surface area contributed by atoms with Crippen molar-refractivity contribution in [2.24, 2.45) is 35.5 Å². The second kappa shape index (κ2) is 11.3. The Morgan fingerprint density at radius 2 is 0.778 bits per heavy atom. The highest BCUT2D eigenvalue weighted by atomic mass is 16.4. The minimum atomic E-state index is -0.643. The van der Waals surface area contributed by atoms with Gasteiger partial charge in [-0.2, -0.15) is 0 Å². The molecule has 6 nitrogen and oxygen atoms in total. The van der Waals surface area contributed by atoms with Gasteiger partial charge in [-0.15, -0.1) is 0 Å². The fourth-order valence-corrected chi connectivity index (χ4v) is 3.85. The predicted octanol–water partition coefficient (Wildman–Crippen LogP) is 4.52. The molecule has 0 amide bonds. The minimum absolute atomic E-state index is 0.387. The molecule has 0 saturated heterocycles. The van der Waals surface area contributed by atoms with Crippen LogP contribution in [0.3, 0.4) is 0 Å². The Labute approximate surface area is 162 Å². The van der Waals surface area contributed by atoms with E-state index in [2.05, 4.69) is 20.8 Å². The lowest BCUT2D eigenvalue weighted by Crippen LogP contribution is -1.96. The topological polar surface area (TPSA) is 112 Å². The van der Waals surface area contributed by atoms with Gasteiger partial charge in [0.15, 0.2) is 0 Å². The van der Waals surface area contributed by atoms with Crippen molar-refractivity contribution in [3.63, 3.8) is 0 Å². The third-order valence-electron chi connectivity index (χ3n) is 6.09. The molecule has 3 fully saturated rings. The molecule has 0 aromatic rings. The van der Waals surface area contributed by atoms with Gasteiger partial charge in [0.2, 0.25) is 0 Å². The maximum Gasteiger partial charge on any atom is 0.303 e. The quantitative estimate of drug-likeness (QED) is 0.539. The van der Waals surface area contributed by atoms with Crippen LogP contribution in [-0.2, 0) is 14.4 Å². The van der Waals surface area contributed by atoms with Crippen LogP contribution < -0.4 is 0 Å². The first-order valence-electron chi connectivity index (χ1n) is 10.4. The van der Waals surface area contributed by atoms with E-state index in [4.69, 9.17) is 15.3 Å². The Kier molecular flexibility index (Phi) is 9.81. The van der Waals surface area contributed by atoms with E-state index in [-0.39, 0.29) is 0 Å². The van der Waals surface area contributed by atoms with Crippen LogP contribution in [0.5, 0.6) is 0 Å². The van der Waals surface area contributed by atoms with Crippen LogP contribution in [0.15, 0.2) is 0 Å². The predicted molar refractivity (Wildman–Crippen MR) is 102 cm³/mol. The van der Waals surface area contributed by atoms with Crippen molar-refractivity contribution in [3.8, 4) is 0 Å². The highest BCUT2D eigenvalue weighted by molar-refractivity contribution is 5.68. The molecule has 0 heterocycles. The van der Waals surface area contributed by atoms with Crippen molar-refractivity contribution in [2.75, 3.05) is 0 Å². The zero-order valence-corrected chi connectivity index (χ0v) is 16.9. The van der Waals surface area contributed by atoms with Crippen LogP contribution in [0.4, 0.5) is 0 Å². The van der Waals surface area contributed by atoms with Crippen molar-refractivity contribution in [2.45, 2.75) is 78.6 Å². The maximum absolute atomic E-state index is 10.1. The molecule has 0 bridgehead atoms. The van der Waals surface area contributed by atoms with Crippen LogP contribution >= 0.6 is 0 Å². The highest BCUT2D eigenvalue weighted by Gasteiger charge is 2.37. The van der Waals surface area contributed by atoms with E-state index in [9.17, 15) is 14.4 Å². The van der Waals surface area contributed by atoms with Gasteiger partial charge in [0.05, 0.1) is 0 Å².